The van der Waals surface area contributed by atoms with Crippen LogP contribution in [0.3, 0.4) is 0 Å². The molecule has 0 amide bonds. The van der Waals surface area contributed by atoms with Crippen molar-refractivity contribution in [2.75, 3.05) is 11.1 Å². The molecule has 94 valence electrons. The fourth-order valence-electron chi connectivity index (χ4n) is 1.80. The zero-order chi connectivity index (χ0) is 13.1. The first kappa shape index (κ1) is 12.7. The highest BCUT2D eigenvalue weighted by Crippen LogP contribution is 2.29. The predicted octanol–water partition coefficient (Wildman–Crippen LogP) is 4.23. The SMILES string of the molecule is CC(Nc1cccc(F)c1N)c1ccccc1Cl. The summed E-state index contributed by atoms with van der Waals surface area (Å²) in [6.07, 6.45) is 0. The van der Waals surface area contributed by atoms with E-state index in [1.807, 2.05) is 31.2 Å². The van der Waals surface area contributed by atoms with E-state index in [9.17, 15) is 4.39 Å². The van der Waals surface area contributed by atoms with Crippen molar-refractivity contribution >= 4 is 23.0 Å². The third-order valence-electron chi connectivity index (χ3n) is 2.80. The van der Waals surface area contributed by atoms with E-state index in [1.165, 1.54) is 6.07 Å². The molecule has 0 spiro atoms. The standard InChI is InChI=1S/C14H14ClFN2/c1-9(10-5-2-3-6-11(10)15)18-13-8-4-7-12(16)14(13)17/h2-9,18H,17H2,1H3. The number of hydrogen-bond acceptors (Lipinski definition) is 2. The van der Waals surface area contributed by atoms with Gasteiger partial charge in [-0.05, 0) is 30.7 Å². The van der Waals surface area contributed by atoms with E-state index in [2.05, 4.69) is 5.32 Å². The summed E-state index contributed by atoms with van der Waals surface area (Å²) in [6, 6.07) is 12.2. The minimum Gasteiger partial charge on any atom is -0.395 e. The lowest BCUT2D eigenvalue weighted by atomic mass is 10.1. The predicted molar refractivity (Wildman–Crippen MR) is 74.3 cm³/mol. The molecule has 3 N–H and O–H groups in total. The molecule has 2 rings (SSSR count). The fraction of sp³-hybridized carbons (Fsp3) is 0.143. The lowest BCUT2D eigenvalue weighted by Crippen LogP contribution is -2.09. The van der Waals surface area contributed by atoms with Crippen LogP contribution in [-0.2, 0) is 0 Å². The van der Waals surface area contributed by atoms with Crippen LogP contribution in [0, 0.1) is 5.82 Å². The fourth-order valence-corrected chi connectivity index (χ4v) is 2.10. The Morgan fingerprint density at radius 1 is 1.17 bits per heavy atom. The second-order valence-corrected chi connectivity index (χ2v) is 4.50. The number of hydrogen-bond donors (Lipinski definition) is 2. The average molecular weight is 265 g/mol. The summed E-state index contributed by atoms with van der Waals surface area (Å²) in [6.45, 7) is 1.95. The summed E-state index contributed by atoms with van der Waals surface area (Å²) >= 11 is 6.11. The van der Waals surface area contributed by atoms with Gasteiger partial charge in [-0.2, -0.15) is 0 Å². The van der Waals surface area contributed by atoms with Crippen LogP contribution in [0.15, 0.2) is 42.5 Å². The van der Waals surface area contributed by atoms with Gasteiger partial charge in [0, 0.05) is 5.02 Å². The normalized spacial score (nSPS) is 12.2. The quantitative estimate of drug-likeness (QED) is 0.814. The molecule has 0 aliphatic carbocycles. The van der Waals surface area contributed by atoms with Crippen molar-refractivity contribution in [2.45, 2.75) is 13.0 Å². The van der Waals surface area contributed by atoms with E-state index in [0.717, 1.165) is 5.56 Å². The van der Waals surface area contributed by atoms with Crippen LogP contribution < -0.4 is 11.1 Å². The molecule has 0 saturated carbocycles. The Morgan fingerprint density at radius 3 is 2.61 bits per heavy atom. The van der Waals surface area contributed by atoms with Gasteiger partial charge in [-0.25, -0.2) is 4.39 Å². The summed E-state index contributed by atoms with van der Waals surface area (Å²) in [5, 5.41) is 3.83. The van der Waals surface area contributed by atoms with Gasteiger partial charge in [0.25, 0.3) is 0 Å². The minimum atomic E-state index is -0.425. The first-order valence-corrected chi connectivity index (χ1v) is 6.02. The van der Waals surface area contributed by atoms with Gasteiger partial charge in [0.05, 0.1) is 17.4 Å². The Labute approximate surface area is 111 Å². The highest BCUT2D eigenvalue weighted by molar-refractivity contribution is 6.31. The number of anilines is 2. The molecule has 18 heavy (non-hydrogen) atoms. The largest absolute Gasteiger partial charge is 0.395 e. The molecule has 0 saturated heterocycles. The van der Waals surface area contributed by atoms with Gasteiger partial charge in [0.2, 0.25) is 0 Å². The Morgan fingerprint density at radius 2 is 1.89 bits per heavy atom. The van der Waals surface area contributed by atoms with Crippen molar-refractivity contribution in [1.82, 2.24) is 0 Å². The van der Waals surface area contributed by atoms with E-state index in [-0.39, 0.29) is 11.7 Å². The minimum absolute atomic E-state index is 0.0530. The number of nitrogen functional groups attached to an aromatic ring is 1. The van der Waals surface area contributed by atoms with Gasteiger partial charge in [-0.15, -0.1) is 0 Å². The van der Waals surface area contributed by atoms with Gasteiger partial charge in [0.1, 0.15) is 5.82 Å². The van der Waals surface area contributed by atoms with E-state index >= 15 is 0 Å². The molecule has 2 aromatic rings. The van der Waals surface area contributed by atoms with Gasteiger partial charge in [0.15, 0.2) is 0 Å². The Bertz CT molecular complexity index is 557. The highest BCUT2D eigenvalue weighted by Gasteiger charge is 2.11. The van der Waals surface area contributed by atoms with Gasteiger partial charge in [-0.3, -0.25) is 0 Å². The summed E-state index contributed by atoms with van der Waals surface area (Å²) < 4.78 is 13.3. The maximum absolute atomic E-state index is 13.3. The van der Waals surface area contributed by atoms with Crippen molar-refractivity contribution in [2.24, 2.45) is 0 Å². The molecule has 0 bridgehead atoms. The third kappa shape index (κ3) is 2.57. The number of benzene rings is 2. The van der Waals surface area contributed by atoms with Crippen LogP contribution in [0.2, 0.25) is 5.02 Å². The Balaban J connectivity index is 2.24. The highest BCUT2D eigenvalue weighted by atomic mass is 35.5. The lowest BCUT2D eigenvalue weighted by molar-refractivity contribution is 0.632. The van der Waals surface area contributed by atoms with Crippen LogP contribution in [-0.4, -0.2) is 0 Å². The second kappa shape index (κ2) is 5.27. The van der Waals surface area contributed by atoms with Crippen LogP contribution >= 0.6 is 11.6 Å². The second-order valence-electron chi connectivity index (χ2n) is 4.09. The van der Waals surface area contributed by atoms with Gasteiger partial charge < -0.3 is 11.1 Å². The molecule has 0 fully saturated rings. The number of rotatable bonds is 3. The third-order valence-corrected chi connectivity index (χ3v) is 3.14. The zero-order valence-electron chi connectivity index (χ0n) is 9.95. The smallest absolute Gasteiger partial charge is 0.148 e. The first-order valence-electron chi connectivity index (χ1n) is 5.64. The number of halogens is 2. The molecule has 4 heteroatoms. The molecule has 0 aromatic heterocycles. The van der Waals surface area contributed by atoms with Crippen molar-refractivity contribution in [3.05, 3.63) is 58.9 Å². The van der Waals surface area contributed by atoms with E-state index < -0.39 is 5.82 Å². The molecule has 0 heterocycles. The molecule has 1 atom stereocenters. The van der Waals surface area contributed by atoms with Crippen LogP contribution in [0.1, 0.15) is 18.5 Å². The zero-order valence-corrected chi connectivity index (χ0v) is 10.7. The Kier molecular flexibility index (Phi) is 3.72. The monoisotopic (exact) mass is 264 g/mol. The van der Waals surface area contributed by atoms with Gasteiger partial charge in [-0.1, -0.05) is 35.9 Å². The summed E-state index contributed by atoms with van der Waals surface area (Å²) in [4.78, 5) is 0. The van der Waals surface area contributed by atoms with Crippen molar-refractivity contribution in [3.63, 3.8) is 0 Å². The summed E-state index contributed by atoms with van der Waals surface area (Å²) in [5.41, 5.74) is 7.32. The first-order chi connectivity index (χ1) is 8.59. The van der Waals surface area contributed by atoms with Crippen LogP contribution in [0.4, 0.5) is 15.8 Å². The molecule has 1 unspecified atom stereocenters. The molecule has 0 radical (unpaired) electrons. The maximum Gasteiger partial charge on any atom is 0.148 e. The number of nitrogens with one attached hydrogen (secondary N) is 1. The summed E-state index contributed by atoms with van der Waals surface area (Å²) in [7, 11) is 0. The number of nitrogens with two attached hydrogens (primary N) is 1. The maximum atomic E-state index is 13.3. The molecule has 2 nitrogen and oxygen atoms in total. The van der Waals surface area contributed by atoms with E-state index in [0.29, 0.717) is 10.7 Å². The summed E-state index contributed by atoms with van der Waals surface area (Å²) in [5.74, 6) is -0.425. The molecular formula is C14H14ClFN2. The lowest BCUT2D eigenvalue weighted by Gasteiger charge is -2.18. The topological polar surface area (TPSA) is 38.0 Å². The number of para-hydroxylation sites is 1. The van der Waals surface area contributed by atoms with Crippen molar-refractivity contribution < 1.29 is 4.39 Å². The van der Waals surface area contributed by atoms with Crippen molar-refractivity contribution in [3.8, 4) is 0 Å². The average Bonchev–Trinajstić information content (AvgIpc) is 2.35. The molecule has 0 aliphatic rings. The molecule has 0 aliphatic heterocycles. The van der Waals surface area contributed by atoms with Crippen LogP contribution in [0.5, 0.6) is 0 Å². The molecular weight excluding hydrogens is 251 g/mol. The van der Waals surface area contributed by atoms with Gasteiger partial charge >= 0.3 is 0 Å². The van der Waals surface area contributed by atoms with Crippen LogP contribution in [0.25, 0.3) is 0 Å². The Hall–Kier alpha value is -1.74. The molecule has 2 aromatic carbocycles. The van der Waals surface area contributed by atoms with E-state index in [4.69, 9.17) is 17.3 Å². The van der Waals surface area contributed by atoms with Crippen molar-refractivity contribution in [1.29, 1.82) is 0 Å². The van der Waals surface area contributed by atoms with E-state index in [1.54, 1.807) is 12.1 Å².